The Labute approximate surface area is 183 Å². The van der Waals surface area contributed by atoms with E-state index in [0.29, 0.717) is 42.2 Å². The van der Waals surface area contributed by atoms with Gasteiger partial charge in [-0.3, -0.25) is 9.78 Å². The molecule has 0 unspecified atom stereocenters. The summed E-state index contributed by atoms with van der Waals surface area (Å²) in [6.07, 6.45) is -3.13. The van der Waals surface area contributed by atoms with Gasteiger partial charge in [-0.1, -0.05) is 6.92 Å². The van der Waals surface area contributed by atoms with Gasteiger partial charge in [0.25, 0.3) is 5.91 Å². The zero-order chi connectivity index (χ0) is 23.0. The van der Waals surface area contributed by atoms with Crippen LogP contribution in [0, 0.1) is 0 Å². The Morgan fingerprint density at radius 1 is 1.28 bits per heavy atom. The second-order valence-electron chi connectivity index (χ2n) is 7.84. The minimum absolute atomic E-state index is 0.112. The number of hydrogen-bond acceptors (Lipinski definition) is 5. The first-order valence-corrected chi connectivity index (χ1v) is 10.3. The monoisotopic (exact) mass is 444 g/mol. The van der Waals surface area contributed by atoms with Crippen LogP contribution in [-0.2, 0) is 24.1 Å². The van der Waals surface area contributed by atoms with Gasteiger partial charge in [-0.05, 0) is 49.2 Å². The summed E-state index contributed by atoms with van der Waals surface area (Å²) in [6, 6.07) is 7.51. The molecule has 0 radical (unpaired) electrons. The molecule has 0 saturated heterocycles. The highest BCUT2D eigenvalue weighted by molar-refractivity contribution is 5.99. The predicted octanol–water partition coefficient (Wildman–Crippen LogP) is 4.87. The number of ether oxygens (including phenoxy) is 1. The number of hydrogen-bond donors (Lipinski definition) is 1. The summed E-state index contributed by atoms with van der Waals surface area (Å²) in [6.45, 7) is 4.79. The Morgan fingerprint density at radius 2 is 2.06 bits per heavy atom. The van der Waals surface area contributed by atoms with Crippen molar-refractivity contribution in [3.63, 3.8) is 0 Å². The summed E-state index contributed by atoms with van der Waals surface area (Å²) >= 11 is 0. The van der Waals surface area contributed by atoms with E-state index in [1.165, 1.54) is 6.07 Å². The Bertz CT molecular complexity index is 1160. The van der Waals surface area contributed by atoms with Crippen molar-refractivity contribution in [2.75, 3.05) is 12.3 Å². The van der Waals surface area contributed by atoms with E-state index in [2.05, 4.69) is 9.97 Å². The number of anilines is 1. The van der Waals surface area contributed by atoms with Crippen molar-refractivity contribution in [3.8, 4) is 0 Å². The predicted molar refractivity (Wildman–Crippen MR) is 114 cm³/mol. The van der Waals surface area contributed by atoms with Gasteiger partial charge < -0.3 is 15.4 Å². The Morgan fingerprint density at radius 3 is 2.72 bits per heavy atom. The Balaban J connectivity index is 1.64. The minimum atomic E-state index is -4.45. The normalized spacial score (nSPS) is 15.7. The number of rotatable bonds is 5. The fourth-order valence-corrected chi connectivity index (χ4v) is 3.98. The van der Waals surface area contributed by atoms with Gasteiger partial charge in [-0.2, -0.15) is 13.2 Å². The maximum absolute atomic E-state index is 13.3. The smallest absolute Gasteiger partial charge is 0.383 e. The summed E-state index contributed by atoms with van der Waals surface area (Å²) in [5, 5.41) is 0.813. The van der Waals surface area contributed by atoms with Gasteiger partial charge in [-0.15, -0.1) is 0 Å². The first-order valence-electron chi connectivity index (χ1n) is 10.3. The number of alkyl halides is 3. The summed E-state index contributed by atoms with van der Waals surface area (Å²) in [5.41, 5.74) is 8.59. The second-order valence-corrected chi connectivity index (χ2v) is 7.84. The molecule has 3 aromatic rings. The summed E-state index contributed by atoms with van der Waals surface area (Å²) < 4.78 is 44.1. The van der Waals surface area contributed by atoms with E-state index >= 15 is 0 Å². The molecule has 2 aromatic heterocycles. The van der Waals surface area contributed by atoms with E-state index in [-0.39, 0.29) is 18.6 Å². The number of nitrogens with zero attached hydrogens (tertiary/aromatic N) is 3. The molecule has 2 N–H and O–H groups in total. The molecule has 32 heavy (non-hydrogen) atoms. The van der Waals surface area contributed by atoms with Gasteiger partial charge in [0.2, 0.25) is 0 Å². The van der Waals surface area contributed by atoms with Crippen LogP contribution in [0.4, 0.5) is 19.0 Å². The number of carbonyl (C=O) groups excluding carboxylic acids is 1. The van der Waals surface area contributed by atoms with Crippen LogP contribution >= 0.6 is 0 Å². The molecule has 3 heterocycles. The average Bonchev–Trinajstić information content (AvgIpc) is 3.15. The van der Waals surface area contributed by atoms with Gasteiger partial charge in [0.05, 0.1) is 36.0 Å². The highest BCUT2D eigenvalue weighted by Gasteiger charge is 2.31. The van der Waals surface area contributed by atoms with E-state index in [1.54, 1.807) is 23.1 Å². The van der Waals surface area contributed by atoms with Crippen molar-refractivity contribution in [2.45, 2.75) is 45.7 Å². The van der Waals surface area contributed by atoms with Crippen molar-refractivity contribution in [1.29, 1.82) is 0 Å². The fraction of sp³-hybridized carbons (Fsp3) is 0.348. The number of pyridine rings is 2. The van der Waals surface area contributed by atoms with Crippen LogP contribution in [0.5, 0.6) is 0 Å². The molecule has 0 saturated carbocycles. The van der Waals surface area contributed by atoms with Gasteiger partial charge in [0, 0.05) is 29.3 Å². The van der Waals surface area contributed by atoms with Crippen LogP contribution in [0.15, 0.2) is 36.5 Å². The maximum atomic E-state index is 13.3. The molecule has 1 amide bonds. The molecule has 1 aliphatic heterocycles. The van der Waals surface area contributed by atoms with E-state index in [0.717, 1.165) is 28.8 Å². The van der Waals surface area contributed by atoms with E-state index in [9.17, 15) is 18.0 Å². The molecule has 1 aliphatic rings. The summed E-state index contributed by atoms with van der Waals surface area (Å²) in [5.74, 6) is 0.200. The zero-order valence-electron chi connectivity index (χ0n) is 17.7. The molecule has 168 valence electrons. The largest absolute Gasteiger partial charge is 0.417 e. The van der Waals surface area contributed by atoms with Gasteiger partial charge in [-0.25, -0.2) is 4.98 Å². The van der Waals surface area contributed by atoms with Crippen LogP contribution in [0.1, 0.15) is 59.1 Å². The molecule has 0 aliphatic carbocycles. The van der Waals surface area contributed by atoms with Crippen molar-refractivity contribution in [1.82, 2.24) is 14.9 Å². The third kappa shape index (κ3) is 4.12. The quantitative estimate of drug-likeness (QED) is 0.607. The van der Waals surface area contributed by atoms with Crippen LogP contribution in [-0.4, -0.2) is 27.3 Å². The molecule has 1 atom stereocenters. The zero-order valence-corrected chi connectivity index (χ0v) is 17.7. The van der Waals surface area contributed by atoms with E-state index in [1.807, 2.05) is 13.8 Å². The Kier molecular flexibility index (Phi) is 5.77. The molecule has 9 heteroatoms. The molecule has 4 rings (SSSR count). The molecule has 0 spiro atoms. The number of nitrogens with two attached hydrogens (primary N) is 1. The van der Waals surface area contributed by atoms with Crippen molar-refractivity contribution < 1.29 is 22.7 Å². The van der Waals surface area contributed by atoms with Gasteiger partial charge >= 0.3 is 6.18 Å². The third-order valence-electron chi connectivity index (χ3n) is 5.58. The number of aromatic nitrogens is 2. The van der Waals surface area contributed by atoms with Crippen molar-refractivity contribution in [3.05, 3.63) is 64.5 Å². The van der Waals surface area contributed by atoms with Crippen molar-refractivity contribution in [2.24, 2.45) is 0 Å². The minimum Gasteiger partial charge on any atom is -0.383 e. The standard InChI is InChI=1S/C23H23F3N4O2/c1-3-8-30(11-16-6-5-15(10-28-16)23(24,25)26)22(31)14-4-7-19-17(9-14)18-12-32-13(2)20(18)21(27)29-19/h4-7,9-10,13H,3,8,11-12H2,1-2H3,(H2,27,29)/t13-/m1/s1. The second kappa shape index (κ2) is 8.38. The number of fused-ring (bicyclic) bond motifs is 3. The third-order valence-corrected chi connectivity index (χ3v) is 5.58. The fourth-order valence-electron chi connectivity index (χ4n) is 3.98. The van der Waals surface area contributed by atoms with Gasteiger partial charge in [0.1, 0.15) is 5.82 Å². The molecular weight excluding hydrogens is 421 g/mol. The lowest BCUT2D eigenvalue weighted by Gasteiger charge is -2.22. The van der Waals surface area contributed by atoms with E-state index < -0.39 is 11.7 Å². The van der Waals surface area contributed by atoms with Crippen molar-refractivity contribution >= 4 is 22.6 Å². The SMILES string of the molecule is CCCN(Cc1ccc(C(F)(F)F)cn1)C(=O)c1ccc2nc(N)c3c(c2c1)CO[C@@H]3C. The summed E-state index contributed by atoms with van der Waals surface area (Å²) in [4.78, 5) is 23.2. The van der Waals surface area contributed by atoms with Crippen LogP contribution in [0.3, 0.4) is 0 Å². The van der Waals surface area contributed by atoms with Gasteiger partial charge in [0.15, 0.2) is 0 Å². The van der Waals surface area contributed by atoms with Crippen LogP contribution in [0.2, 0.25) is 0 Å². The van der Waals surface area contributed by atoms with Crippen LogP contribution in [0.25, 0.3) is 10.9 Å². The number of nitrogen functional groups attached to an aromatic ring is 1. The number of amides is 1. The molecule has 0 bridgehead atoms. The van der Waals surface area contributed by atoms with Crippen LogP contribution < -0.4 is 5.73 Å². The molecular formula is C23H23F3N4O2. The highest BCUT2D eigenvalue weighted by Crippen LogP contribution is 2.38. The first-order chi connectivity index (χ1) is 15.2. The molecule has 6 nitrogen and oxygen atoms in total. The summed E-state index contributed by atoms with van der Waals surface area (Å²) in [7, 11) is 0. The molecule has 0 fully saturated rings. The average molecular weight is 444 g/mol. The topological polar surface area (TPSA) is 81.3 Å². The lowest BCUT2D eigenvalue weighted by molar-refractivity contribution is -0.137. The number of benzene rings is 1. The van der Waals surface area contributed by atoms with E-state index in [4.69, 9.17) is 10.5 Å². The molecule has 1 aromatic carbocycles. The Hall–Kier alpha value is -3.20. The lowest BCUT2D eigenvalue weighted by Crippen LogP contribution is -2.31. The number of carbonyl (C=O) groups is 1. The lowest BCUT2D eigenvalue weighted by atomic mass is 10.00. The first kappa shape index (κ1) is 22.0. The number of halogens is 3. The maximum Gasteiger partial charge on any atom is 0.417 e. The highest BCUT2D eigenvalue weighted by atomic mass is 19.4.